The highest BCUT2D eigenvalue weighted by atomic mass is 28.3. The van der Waals surface area contributed by atoms with Crippen molar-refractivity contribution in [2.24, 2.45) is 0 Å². The highest BCUT2D eigenvalue weighted by molar-refractivity contribution is 7.22. The third-order valence-corrected chi connectivity index (χ3v) is 19.7. The van der Waals surface area contributed by atoms with E-state index in [1.165, 1.54) is 48.3 Å². The minimum atomic E-state index is -3.17. The lowest BCUT2D eigenvalue weighted by molar-refractivity contribution is 0.669. The van der Waals surface area contributed by atoms with E-state index in [1.54, 1.807) is 0 Å². The number of nitrogens with zero attached hydrogens (tertiary/aromatic N) is 3. The molecule has 0 radical (unpaired) electrons. The van der Waals surface area contributed by atoms with Crippen LogP contribution in [-0.4, -0.2) is 12.6 Å². The molecule has 11 aromatic carbocycles. The second-order valence-electron chi connectivity index (χ2n) is 18.8. The average Bonchev–Trinajstić information content (AvgIpc) is 4.02. The van der Waals surface area contributed by atoms with Crippen molar-refractivity contribution in [3.05, 3.63) is 285 Å². The Kier molecular flexibility index (Phi) is 10.2. The highest BCUT2D eigenvalue weighted by Gasteiger charge is 2.52. The minimum absolute atomic E-state index is 0.847. The average molecular weight is 950 g/mol. The van der Waals surface area contributed by atoms with Crippen LogP contribution in [0.4, 0.5) is 34.3 Å². The van der Waals surface area contributed by atoms with Crippen LogP contribution < -0.4 is 30.5 Å². The second kappa shape index (κ2) is 17.5. The van der Waals surface area contributed by atoms with Gasteiger partial charge in [0.2, 0.25) is 0 Å². The summed E-state index contributed by atoms with van der Waals surface area (Å²) in [4.78, 5) is 4.94. The first-order valence-electron chi connectivity index (χ1n) is 25.0. The van der Waals surface area contributed by atoms with Crippen molar-refractivity contribution in [2.45, 2.75) is 0 Å². The molecule has 14 rings (SSSR count). The Hall–Kier alpha value is -9.42. The normalized spacial score (nSPS) is 12.7. The smallest absolute Gasteiger partial charge is 0.186 e. The Balaban J connectivity index is 1.04. The zero-order valence-electron chi connectivity index (χ0n) is 39.9. The van der Waals surface area contributed by atoms with Crippen molar-refractivity contribution >= 4 is 95.9 Å². The fourth-order valence-electron chi connectivity index (χ4n) is 11.6. The van der Waals surface area contributed by atoms with E-state index in [4.69, 9.17) is 4.42 Å². The molecule has 0 bridgehead atoms. The number of furan rings is 1. The number of aromatic nitrogens is 1. The molecule has 4 nitrogen and oxygen atoms in total. The lowest BCUT2D eigenvalue weighted by Crippen LogP contribution is -2.77. The lowest BCUT2D eigenvalue weighted by atomic mass is 10.00. The SMILES string of the molecule is c1ccc(-c2ccc(-c3ccc(N(c4ccc5c(c4)N(c4ccccc4)c4c(c6ccccc6n4-c4ccccc4)[Si]5(c4ccccc4)c4ccccc4)c4ccc5c(c4)oc4ccccc45)cc3)cc2)cc1. The predicted octanol–water partition coefficient (Wildman–Crippen LogP) is 15.5. The van der Waals surface area contributed by atoms with Crippen molar-refractivity contribution < 1.29 is 4.42 Å². The molecule has 344 valence electrons. The van der Waals surface area contributed by atoms with Crippen LogP contribution in [0.5, 0.6) is 0 Å². The zero-order valence-corrected chi connectivity index (χ0v) is 40.9. The Morgan fingerprint density at radius 1 is 0.342 bits per heavy atom. The molecule has 0 spiro atoms. The van der Waals surface area contributed by atoms with Gasteiger partial charge in [-0.2, -0.15) is 0 Å². The molecule has 0 unspecified atom stereocenters. The van der Waals surface area contributed by atoms with Gasteiger partial charge < -0.3 is 9.32 Å². The third-order valence-electron chi connectivity index (χ3n) is 14.8. The predicted molar refractivity (Wildman–Crippen MR) is 308 cm³/mol. The maximum Gasteiger partial charge on any atom is 0.186 e. The Morgan fingerprint density at radius 3 is 1.45 bits per heavy atom. The molecule has 0 amide bonds. The molecule has 1 aliphatic heterocycles. The molecule has 0 N–H and O–H groups in total. The van der Waals surface area contributed by atoms with Crippen molar-refractivity contribution in [2.75, 3.05) is 9.80 Å². The minimum Gasteiger partial charge on any atom is -0.456 e. The van der Waals surface area contributed by atoms with Crippen LogP contribution in [0, 0.1) is 0 Å². The molecule has 0 atom stereocenters. The van der Waals surface area contributed by atoms with E-state index < -0.39 is 8.07 Å². The Labute approximate surface area is 425 Å². The number of rotatable bonds is 9. The van der Waals surface area contributed by atoms with Gasteiger partial charge in [-0.05, 0) is 111 Å². The molecule has 2 aromatic heterocycles. The molecule has 73 heavy (non-hydrogen) atoms. The monoisotopic (exact) mass is 949 g/mol. The summed E-state index contributed by atoms with van der Waals surface area (Å²) in [7, 11) is -3.17. The summed E-state index contributed by atoms with van der Waals surface area (Å²) in [6.45, 7) is 0. The number of anilines is 6. The van der Waals surface area contributed by atoms with Crippen molar-refractivity contribution in [3.63, 3.8) is 0 Å². The van der Waals surface area contributed by atoms with Crippen LogP contribution in [-0.2, 0) is 0 Å². The number of hydrogen-bond acceptors (Lipinski definition) is 3. The first-order valence-corrected chi connectivity index (χ1v) is 27.0. The quantitative estimate of drug-likeness (QED) is 0.135. The fourth-order valence-corrected chi connectivity index (χ4v) is 16.9. The van der Waals surface area contributed by atoms with Gasteiger partial charge in [0.05, 0.1) is 5.52 Å². The van der Waals surface area contributed by atoms with Gasteiger partial charge >= 0.3 is 0 Å². The van der Waals surface area contributed by atoms with Crippen LogP contribution in [0.1, 0.15) is 0 Å². The topological polar surface area (TPSA) is 24.6 Å². The third kappa shape index (κ3) is 6.89. The van der Waals surface area contributed by atoms with Gasteiger partial charge in [0.15, 0.2) is 8.07 Å². The van der Waals surface area contributed by atoms with Gasteiger partial charge in [-0.1, -0.05) is 206 Å². The Morgan fingerprint density at radius 2 is 0.808 bits per heavy atom. The van der Waals surface area contributed by atoms with E-state index >= 15 is 0 Å². The maximum absolute atomic E-state index is 6.62. The van der Waals surface area contributed by atoms with Crippen molar-refractivity contribution in [1.29, 1.82) is 0 Å². The summed E-state index contributed by atoms with van der Waals surface area (Å²) in [5, 5.41) is 8.82. The highest BCUT2D eigenvalue weighted by Crippen LogP contribution is 2.47. The molecular weight excluding hydrogens is 903 g/mol. The molecule has 3 heterocycles. The summed E-state index contributed by atoms with van der Waals surface area (Å²) < 4.78 is 9.13. The van der Waals surface area contributed by atoms with Gasteiger partial charge in [-0.3, -0.25) is 9.47 Å². The van der Waals surface area contributed by atoms with Crippen LogP contribution in [0.3, 0.4) is 0 Å². The fraction of sp³-hybridized carbons (Fsp3) is 0. The molecule has 0 saturated heterocycles. The molecular formula is C68H47N3OSi. The van der Waals surface area contributed by atoms with Gasteiger partial charge in [-0.15, -0.1) is 0 Å². The molecule has 13 aromatic rings. The summed E-state index contributed by atoms with van der Waals surface area (Å²) in [6, 6.07) is 104. The van der Waals surface area contributed by atoms with E-state index in [0.717, 1.165) is 67.4 Å². The maximum atomic E-state index is 6.62. The number of fused-ring (bicyclic) bond motifs is 7. The van der Waals surface area contributed by atoms with E-state index in [-0.39, 0.29) is 0 Å². The van der Waals surface area contributed by atoms with Gasteiger partial charge in [-0.25, -0.2) is 0 Å². The van der Waals surface area contributed by atoms with Crippen molar-refractivity contribution in [3.8, 4) is 27.9 Å². The Bertz CT molecular complexity index is 4080. The lowest BCUT2D eigenvalue weighted by Gasteiger charge is -2.44. The molecule has 0 fully saturated rings. The number of hydrogen-bond donors (Lipinski definition) is 0. The molecule has 1 aliphatic rings. The molecule has 0 aliphatic carbocycles. The summed E-state index contributed by atoms with van der Waals surface area (Å²) in [5.74, 6) is 1.15. The molecule has 0 saturated carbocycles. The number of para-hydroxylation sites is 4. The first-order chi connectivity index (χ1) is 36.2. The largest absolute Gasteiger partial charge is 0.456 e. The van der Waals surface area contributed by atoms with Crippen LogP contribution >= 0.6 is 0 Å². The summed E-state index contributed by atoms with van der Waals surface area (Å²) in [5.41, 5.74) is 14.0. The summed E-state index contributed by atoms with van der Waals surface area (Å²) >= 11 is 0. The standard InChI is InChI=1S/C68H47N3OSi/c1-6-20-48(21-7-1)49-34-36-50(37-35-49)51-38-40-54(41-39-51)69(56-42-44-60-59-30-17-19-33-64(59)72-65(60)47-56)55-43-45-66-63(46-55)71(53-24-10-3-11-25-53)68-67(61-31-16-18-32-62(61)70(68)52-22-8-2-9-23-52)73(66,57-26-12-4-13-27-57)58-28-14-5-15-29-58/h1-47H. The molecule has 5 heteroatoms. The first kappa shape index (κ1) is 42.5. The second-order valence-corrected chi connectivity index (χ2v) is 22.5. The van der Waals surface area contributed by atoms with E-state index in [0.29, 0.717) is 0 Å². The van der Waals surface area contributed by atoms with Crippen LogP contribution in [0.2, 0.25) is 0 Å². The number of benzene rings is 11. The van der Waals surface area contributed by atoms with Crippen LogP contribution in [0.25, 0.3) is 60.8 Å². The van der Waals surface area contributed by atoms with Gasteiger partial charge in [0.25, 0.3) is 0 Å². The van der Waals surface area contributed by atoms with Crippen LogP contribution in [0.15, 0.2) is 290 Å². The zero-order chi connectivity index (χ0) is 48.3. The summed E-state index contributed by atoms with van der Waals surface area (Å²) in [6.07, 6.45) is 0. The van der Waals surface area contributed by atoms with Crippen molar-refractivity contribution in [1.82, 2.24) is 4.57 Å². The van der Waals surface area contributed by atoms with E-state index in [9.17, 15) is 0 Å². The van der Waals surface area contributed by atoms with E-state index in [2.05, 4.69) is 293 Å². The van der Waals surface area contributed by atoms with Gasteiger partial charge in [0.1, 0.15) is 17.0 Å². The van der Waals surface area contributed by atoms with E-state index in [1.807, 2.05) is 6.07 Å². The van der Waals surface area contributed by atoms with Gasteiger partial charge in [0, 0.05) is 61.5 Å².